The Morgan fingerprint density at radius 3 is 2.94 bits per heavy atom. The summed E-state index contributed by atoms with van der Waals surface area (Å²) in [7, 11) is 2.21. The largest absolute Gasteiger partial charge is 0.472 e. The fourth-order valence-electron chi connectivity index (χ4n) is 2.96. The first-order valence-corrected chi connectivity index (χ1v) is 6.92. The van der Waals surface area contributed by atoms with Crippen LogP contribution in [0.25, 0.3) is 0 Å². The molecule has 2 atom stereocenters. The number of nitrogens with two attached hydrogens (primary N) is 1. The molecular weight excluding hydrogens is 226 g/mol. The first kappa shape index (κ1) is 13.6. The molecule has 2 heterocycles. The highest BCUT2D eigenvalue weighted by Crippen LogP contribution is 2.25. The van der Waals surface area contributed by atoms with Crippen LogP contribution in [0, 0.1) is 0 Å². The molecule has 0 bridgehead atoms. The normalized spacial score (nSPS) is 24.9. The molecule has 0 spiro atoms. The Kier molecular flexibility index (Phi) is 4.80. The van der Waals surface area contributed by atoms with Gasteiger partial charge in [0.25, 0.3) is 0 Å². The van der Waals surface area contributed by atoms with Crippen molar-refractivity contribution in [2.24, 2.45) is 5.73 Å². The maximum Gasteiger partial charge on any atom is 0.0950 e. The molecule has 4 nitrogen and oxygen atoms in total. The van der Waals surface area contributed by atoms with Crippen LogP contribution in [0.1, 0.15) is 31.4 Å². The van der Waals surface area contributed by atoms with Crippen molar-refractivity contribution in [3.63, 3.8) is 0 Å². The van der Waals surface area contributed by atoms with Crippen molar-refractivity contribution < 1.29 is 4.42 Å². The Balaban J connectivity index is 2.16. The van der Waals surface area contributed by atoms with Crippen molar-refractivity contribution in [3.8, 4) is 0 Å². The fraction of sp³-hybridized carbons (Fsp3) is 0.714. The molecule has 1 saturated heterocycles. The molecule has 1 aromatic heterocycles. The minimum atomic E-state index is 0.292. The lowest BCUT2D eigenvalue weighted by Crippen LogP contribution is -2.44. The van der Waals surface area contributed by atoms with E-state index in [2.05, 4.69) is 23.8 Å². The van der Waals surface area contributed by atoms with E-state index in [0.29, 0.717) is 18.6 Å². The fourth-order valence-corrected chi connectivity index (χ4v) is 2.96. The highest BCUT2D eigenvalue weighted by molar-refractivity contribution is 5.13. The van der Waals surface area contributed by atoms with E-state index in [1.807, 2.05) is 12.3 Å². The standard InChI is InChI=1S/C14H25N3O/c1-3-13-10-16(2)6-4-7-17(13)14(9-15)12-5-8-18-11-12/h5,8,11,13-14H,3-4,6-7,9-10,15H2,1-2H3. The summed E-state index contributed by atoms with van der Waals surface area (Å²) in [5.41, 5.74) is 7.21. The van der Waals surface area contributed by atoms with Gasteiger partial charge in [0.05, 0.1) is 18.6 Å². The lowest BCUT2D eigenvalue weighted by atomic mass is 10.0. The van der Waals surface area contributed by atoms with Crippen LogP contribution in [0.3, 0.4) is 0 Å². The summed E-state index contributed by atoms with van der Waals surface area (Å²) in [5, 5.41) is 0. The van der Waals surface area contributed by atoms with Gasteiger partial charge in [-0.1, -0.05) is 6.92 Å². The quantitative estimate of drug-likeness (QED) is 0.884. The molecule has 0 saturated carbocycles. The Morgan fingerprint density at radius 2 is 2.33 bits per heavy atom. The second-order valence-electron chi connectivity index (χ2n) is 5.22. The van der Waals surface area contributed by atoms with Gasteiger partial charge in [-0.05, 0) is 32.5 Å². The van der Waals surface area contributed by atoms with Crippen LogP contribution < -0.4 is 5.73 Å². The molecule has 1 aliphatic rings. The van der Waals surface area contributed by atoms with Gasteiger partial charge in [-0.3, -0.25) is 4.90 Å². The van der Waals surface area contributed by atoms with E-state index < -0.39 is 0 Å². The van der Waals surface area contributed by atoms with Crippen molar-refractivity contribution in [2.45, 2.75) is 31.8 Å². The molecule has 0 aromatic carbocycles. The van der Waals surface area contributed by atoms with E-state index in [-0.39, 0.29) is 0 Å². The van der Waals surface area contributed by atoms with Gasteiger partial charge in [-0.2, -0.15) is 0 Å². The van der Waals surface area contributed by atoms with Crippen LogP contribution >= 0.6 is 0 Å². The smallest absolute Gasteiger partial charge is 0.0950 e. The Morgan fingerprint density at radius 1 is 1.50 bits per heavy atom. The summed E-state index contributed by atoms with van der Waals surface area (Å²) in [6, 6.07) is 2.92. The zero-order valence-electron chi connectivity index (χ0n) is 11.5. The van der Waals surface area contributed by atoms with E-state index in [1.165, 1.54) is 24.9 Å². The molecule has 2 unspecified atom stereocenters. The van der Waals surface area contributed by atoms with Gasteiger partial charge in [-0.15, -0.1) is 0 Å². The second-order valence-corrected chi connectivity index (χ2v) is 5.22. The van der Waals surface area contributed by atoms with Crippen LogP contribution in [0.2, 0.25) is 0 Å². The molecule has 1 fully saturated rings. The summed E-state index contributed by atoms with van der Waals surface area (Å²) in [5.74, 6) is 0. The molecular formula is C14H25N3O. The van der Waals surface area contributed by atoms with Crippen molar-refractivity contribution >= 4 is 0 Å². The van der Waals surface area contributed by atoms with Crippen LogP contribution in [0.15, 0.2) is 23.0 Å². The van der Waals surface area contributed by atoms with Crippen LogP contribution in [-0.4, -0.2) is 49.1 Å². The highest BCUT2D eigenvalue weighted by atomic mass is 16.3. The summed E-state index contributed by atoms with van der Waals surface area (Å²) in [6.07, 6.45) is 5.95. The van der Waals surface area contributed by atoms with E-state index in [4.69, 9.17) is 10.2 Å². The summed E-state index contributed by atoms with van der Waals surface area (Å²) < 4.78 is 5.22. The number of likely N-dealkylation sites (N-methyl/N-ethyl adjacent to an activating group) is 1. The Hall–Kier alpha value is -0.840. The molecule has 1 aliphatic heterocycles. The molecule has 0 radical (unpaired) electrons. The number of rotatable bonds is 4. The van der Waals surface area contributed by atoms with E-state index >= 15 is 0 Å². The van der Waals surface area contributed by atoms with Crippen LogP contribution in [0.4, 0.5) is 0 Å². The molecule has 18 heavy (non-hydrogen) atoms. The van der Waals surface area contributed by atoms with Gasteiger partial charge in [0, 0.05) is 31.2 Å². The summed E-state index contributed by atoms with van der Waals surface area (Å²) >= 11 is 0. The Labute approximate surface area is 110 Å². The SMILES string of the molecule is CCC1CN(C)CCCN1C(CN)c1ccoc1. The van der Waals surface area contributed by atoms with Crippen molar-refractivity contribution in [1.82, 2.24) is 9.80 Å². The van der Waals surface area contributed by atoms with Crippen molar-refractivity contribution in [1.29, 1.82) is 0 Å². The Bertz CT molecular complexity index is 339. The second kappa shape index (κ2) is 6.36. The molecule has 2 rings (SSSR count). The molecule has 1 aromatic rings. The van der Waals surface area contributed by atoms with Crippen molar-refractivity contribution in [3.05, 3.63) is 24.2 Å². The average molecular weight is 251 g/mol. The third-order valence-electron chi connectivity index (χ3n) is 3.97. The summed E-state index contributed by atoms with van der Waals surface area (Å²) in [4.78, 5) is 4.99. The maximum atomic E-state index is 6.00. The van der Waals surface area contributed by atoms with E-state index in [9.17, 15) is 0 Å². The molecule has 4 heteroatoms. The summed E-state index contributed by atoms with van der Waals surface area (Å²) in [6.45, 7) is 6.34. The van der Waals surface area contributed by atoms with E-state index in [1.54, 1.807) is 6.26 Å². The zero-order chi connectivity index (χ0) is 13.0. The van der Waals surface area contributed by atoms with Gasteiger partial charge in [0.15, 0.2) is 0 Å². The number of nitrogens with zero attached hydrogens (tertiary/aromatic N) is 2. The highest BCUT2D eigenvalue weighted by Gasteiger charge is 2.28. The van der Waals surface area contributed by atoms with Gasteiger partial charge in [0.1, 0.15) is 0 Å². The third kappa shape index (κ3) is 2.94. The number of furan rings is 1. The van der Waals surface area contributed by atoms with E-state index in [0.717, 1.165) is 13.1 Å². The number of hydrogen-bond donors (Lipinski definition) is 1. The van der Waals surface area contributed by atoms with Gasteiger partial charge >= 0.3 is 0 Å². The lowest BCUT2D eigenvalue weighted by molar-refractivity contribution is 0.130. The molecule has 0 amide bonds. The van der Waals surface area contributed by atoms with Gasteiger partial charge in [0.2, 0.25) is 0 Å². The third-order valence-corrected chi connectivity index (χ3v) is 3.97. The lowest BCUT2D eigenvalue weighted by Gasteiger charge is -2.36. The number of hydrogen-bond acceptors (Lipinski definition) is 4. The first-order chi connectivity index (χ1) is 8.76. The molecule has 0 aliphatic carbocycles. The van der Waals surface area contributed by atoms with Crippen molar-refractivity contribution in [2.75, 3.05) is 33.2 Å². The van der Waals surface area contributed by atoms with Crippen LogP contribution in [0.5, 0.6) is 0 Å². The van der Waals surface area contributed by atoms with Gasteiger partial charge in [-0.25, -0.2) is 0 Å². The average Bonchev–Trinajstić information content (AvgIpc) is 2.82. The zero-order valence-corrected chi connectivity index (χ0v) is 11.5. The predicted molar refractivity (Wildman–Crippen MR) is 73.4 cm³/mol. The predicted octanol–water partition coefficient (Wildman–Crippen LogP) is 1.70. The minimum absolute atomic E-state index is 0.292. The first-order valence-electron chi connectivity index (χ1n) is 6.92. The monoisotopic (exact) mass is 251 g/mol. The van der Waals surface area contributed by atoms with Crippen LogP contribution in [-0.2, 0) is 0 Å². The topological polar surface area (TPSA) is 45.6 Å². The molecule has 2 N–H and O–H groups in total. The maximum absolute atomic E-state index is 6.00. The molecule has 102 valence electrons. The minimum Gasteiger partial charge on any atom is -0.472 e. The van der Waals surface area contributed by atoms with Gasteiger partial charge < -0.3 is 15.1 Å².